The number of rotatable bonds is 7. The third-order valence-electron chi connectivity index (χ3n) is 4.13. The Kier molecular flexibility index (Phi) is 6.81. The molecule has 0 radical (unpaired) electrons. The zero-order chi connectivity index (χ0) is 21.1. The SMILES string of the molecule is CCN(CC)S(=O)(=O)c1ccc(Cl)c(NC(=O)Cn2ccc(=O)n(C)c2=O)c1. The van der Waals surface area contributed by atoms with Crippen molar-refractivity contribution in [3.63, 3.8) is 0 Å². The fourth-order valence-corrected chi connectivity index (χ4v) is 4.20. The molecule has 0 saturated heterocycles. The van der Waals surface area contributed by atoms with E-state index < -0.39 is 27.2 Å². The molecule has 0 atom stereocenters. The number of nitrogens with zero attached hydrogens (tertiary/aromatic N) is 3. The minimum absolute atomic E-state index is 0.00447. The van der Waals surface area contributed by atoms with Gasteiger partial charge in [-0.05, 0) is 18.2 Å². The lowest BCUT2D eigenvalue weighted by atomic mass is 10.3. The normalized spacial score (nSPS) is 11.6. The van der Waals surface area contributed by atoms with Gasteiger partial charge in [-0.25, -0.2) is 13.2 Å². The second-order valence-corrected chi connectivity index (χ2v) is 8.25. The number of carbonyl (C=O) groups excluding carboxylic acids is 1. The molecule has 0 aliphatic carbocycles. The number of halogens is 1. The highest BCUT2D eigenvalue weighted by Crippen LogP contribution is 2.27. The van der Waals surface area contributed by atoms with E-state index in [4.69, 9.17) is 11.6 Å². The predicted octanol–water partition coefficient (Wildman–Crippen LogP) is 0.870. The van der Waals surface area contributed by atoms with Crippen LogP contribution in [0.1, 0.15) is 13.8 Å². The Bertz CT molecular complexity index is 1100. The van der Waals surface area contributed by atoms with Crippen molar-refractivity contribution in [1.82, 2.24) is 13.4 Å². The Morgan fingerprint density at radius 3 is 2.43 bits per heavy atom. The van der Waals surface area contributed by atoms with Crippen LogP contribution in [0.5, 0.6) is 0 Å². The lowest BCUT2D eigenvalue weighted by molar-refractivity contribution is -0.116. The molecule has 0 fully saturated rings. The van der Waals surface area contributed by atoms with E-state index in [0.29, 0.717) is 13.1 Å². The molecule has 0 saturated carbocycles. The summed E-state index contributed by atoms with van der Waals surface area (Å²) in [5, 5.41) is 2.66. The maximum absolute atomic E-state index is 12.6. The number of amides is 1. The molecule has 0 spiro atoms. The maximum Gasteiger partial charge on any atom is 0.331 e. The molecule has 28 heavy (non-hydrogen) atoms. The maximum atomic E-state index is 12.6. The topological polar surface area (TPSA) is 110 Å². The quantitative estimate of drug-likeness (QED) is 0.703. The molecule has 2 rings (SSSR count). The van der Waals surface area contributed by atoms with Crippen LogP contribution >= 0.6 is 11.6 Å². The number of sulfonamides is 1. The summed E-state index contributed by atoms with van der Waals surface area (Å²) in [6, 6.07) is 5.19. The van der Waals surface area contributed by atoms with Crippen LogP contribution in [0.4, 0.5) is 5.69 Å². The monoisotopic (exact) mass is 428 g/mol. The average Bonchev–Trinajstić information content (AvgIpc) is 2.64. The molecule has 152 valence electrons. The van der Waals surface area contributed by atoms with Gasteiger partial charge in [0.25, 0.3) is 5.56 Å². The number of aromatic nitrogens is 2. The Morgan fingerprint density at radius 2 is 1.82 bits per heavy atom. The van der Waals surface area contributed by atoms with E-state index in [0.717, 1.165) is 9.13 Å². The molecule has 9 nitrogen and oxygen atoms in total. The van der Waals surface area contributed by atoms with Gasteiger partial charge in [-0.3, -0.25) is 18.7 Å². The fourth-order valence-electron chi connectivity index (χ4n) is 2.55. The zero-order valence-electron chi connectivity index (χ0n) is 15.7. The first-order valence-corrected chi connectivity index (χ1v) is 10.3. The molecule has 0 unspecified atom stereocenters. The van der Waals surface area contributed by atoms with E-state index in [1.807, 2.05) is 0 Å². The van der Waals surface area contributed by atoms with Gasteiger partial charge in [0.1, 0.15) is 6.54 Å². The van der Waals surface area contributed by atoms with Crippen molar-refractivity contribution in [2.45, 2.75) is 25.3 Å². The standard InChI is InChI=1S/C17H21ClN4O5S/c1-4-22(5-2)28(26,27)12-6-7-13(18)14(10-12)19-15(23)11-21-9-8-16(24)20(3)17(21)25/h6-10H,4-5,11H2,1-3H3,(H,19,23). The van der Waals surface area contributed by atoms with Crippen molar-refractivity contribution in [3.05, 3.63) is 56.3 Å². The first kappa shape index (κ1) is 21.9. The summed E-state index contributed by atoms with van der Waals surface area (Å²) >= 11 is 6.08. The smallest absolute Gasteiger partial charge is 0.323 e. The average molecular weight is 429 g/mol. The third kappa shape index (κ3) is 4.51. The van der Waals surface area contributed by atoms with Gasteiger partial charge in [-0.2, -0.15) is 4.31 Å². The highest BCUT2D eigenvalue weighted by molar-refractivity contribution is 7.89. The van der Waals surface area contributed by atoms with Crippen LogP contribution in [0, 0.1) is 0 Å². The van der Waals surface area contributed by atoms with Crippen LogP contribution in [0.15, 0.2) is 44.9 Å². The lowest BCUT2D eigenvalue weighted by Gasteiger charge is -2.19. The number of carbonyl (C=O) groups is 1. The fraction of sp³-hybridized carbons (Fsp3) is 0.353. The van der Waals surface area contributed by atoms with Crippen molar-refractivity contribution in [1.29, 1.82) is 0 Å². The van der Waals surface area contributed by atoms with Crippen molar-refractivity contribution in [2.24, 2.45) is 7.05 Å². The molecule has 1 N–H and O–H groups in total. The molecule has 11 heteroatoms. The first-order chi connectivity index (χ1) is 13.1. The molecule has 0 aliphatic heterocycles. The van der Waals surface area contributed by atoms with E-state index in [1.54, 1.807) is 13.8 Å². The van der Waals surface area contributed by atoms with E-state index in [9.17, 15) is 22.8 Å². The summed E-state index contributed by atoms with van der Waals surface area (Å²) in [7, 11) is -2.42. The molecule has 0 aliphatic rings. The molecule has 1 aromatic carbocycles. The molecular formula is C17H21ClN4O5S. The number of anilines is 1. The van der Waals surface area contributed by atoms with Gasteiger partial charge in [0, 0.05) is 32.4 Å². The highest BCUT2D eigenvalue weighted by atomic mass is 35.5. The lowest BCUT2D eigenvalue weighted by Crippen LogP contribution is -2.39. The molecule has 2 aromatic rings. The van der Waals surface area contributed by atoms with Gasteiger partial charge >= 0.3 is 5.69 Å². The van der Waals surface area contributed by atoms with Gasteiger partial charge in [0.15, 0.2) is 0 Å². The first-order valence-electron chi connectivity index (χ1n) is 8.47. The van der Waals surface area contributed by atoms with E-state index >= 15 is 0 Å². The molecule has 1 aromatic heterocycles. The summed E-state index contributed by atoms with van der Waals surface area (Å²) < 4.78 is 28.5. The molecule has 0 bridgehead atoms. The summed E-state index contributed by atoms with van der Waals surface area (Å²) in [5.41, 5.74) is -1.02. The third-order valence-corrected chi connectivity index (χ3v) is 6.50. The molecule has 1 heterocycles. The van der Waals surface area contributed by atoms with Crippen molar-refractivity contribution in [3.8, 4) is 0 Å². The highest BCUT2D eigenvalue weighted by Gasteiger charge is 2.23. The Hall–Kier alpha value is -2.43. The van der Waals surface area contributed by atoms with Crippen LogP contribution < -0.4 is 16.6 Å². The van der Waals surface area contributed by atoms with Gasteiger partial charge in [0.2, 0.25) is 15.9 Å². The number of nitrogens with one attached hydrogen (secondary N) is 1. The largest absolute Gasteiger partial charge is 0.331 e. The van der Waals surface area contributed by atoms with E-state index in [2.05, 4.69) is 5.32 Å². The van der Waals surface area contributed by atoms with Crippen molar-refractivity contribution < 1.29 is 13.2 Å². The second kappa shape index (κ2) is 8.72. The van der Waals surface area contributed by atoms with E-state index in [-0.39, 0.29) is 22.2 Å². The van der Waals surface area contributed by atoms with Crippen LogP contribution in [-0.4, -0.2) is 40.9 Å². The number of hydrogen-bond donors (Lipinski definition) is 1. The van der Waals surface area contributed by atoms with Gasteiger partial charge in [-0.15, -0.1) is 0 Å². The van der Waals surface area contributed by atoms with Crippen LogP contribution in [-0.2, 0) is 28.4 Å². The van der Waals surface area contributed by atoms with Gasteiger partial charge < -0.3 is 5.32 Å². The van der Waals surface area contributed by atoms with Crippen LogP contribution in [0.3, 0.4) is 0 Å². The Morgan fingerprint density at radius 1 is 1.18 bits per heavy atom. The van der Waals surface area contributed by atoms with Crippen molar-refractivity contribution in [2.75, 3.05) is 18.4 Å². The Labute approximate surface area is 167 Å². The number of hydrogen-bond acceptors (Lipinski definition) is 5. The zero-order valence-corrected chi connectivity index (χ0v) is 17.2. The minimum atomic E-state index is -3.72. The second-order valence-electron chi connectivity index (χ2n) is 5.90. The van der Waals surface area contributed by atoms with Gasteiger partial charge in [-0.1, -0.05) is 25.4 Å². The van der Waals surface area contributed by atoms with Crippen molar-refractivity contribution >= 4 is 33.2 Å². The number of benzene rings is 1. The van der Waals surface area contributed by atoms with E-state index in [1.165, 1.54) is 41.8 Å². The summed E-state index contributed by atoms with van der Waals surface area (Å²) in [6.07, 6.45) is 1.22. The minimum Gasteiger partial charge on any atom is -0.323 e. The van der Waals surface area contributed by atoms with Crippen LogP contribution in [0.25, 0.3) is 0 Å². The predicted molar refractivity (Wildman–Crippen MR) is 106 cm³/mol. The molecule has 1 amide bonds. The summed E-state index contributed by atoms with van der Waals surface area (Å²) in [6.45, 7) is 3.70. The van der Waals surface area contributed by atoms with Gasteiger partial charge in [0.05, 0.1) is 15.6 Å². The van der Waals surface area contributed by atoms with Crippen LogP contribution in [0.2, 0.25) is 5.02 Å². The summed E-state index contributed by atoms with van der Waals surface area (Å²) in [5.74, 6) is -0.597. The Balaban J connectivity index is 2.29. The molecular weight excluding hydrogens is 408 g/mol. The summed E-state index contributed by atoms with van der Waals surface area (Å²) in [4.78, 5) is 35.7.